The van der Waals surface area contributed by atoms with Crippen molar-refractivity contribution in [1.82, 2.24) is 0 Å². The van der Waals surface area contributed by atoms with Gasteiger partial charge in [0.05, 0.1) is 30.7 Å². The van der Waals surface area contributed by atoms with Gasteiger partial charge in [-0.05, 0) is 18.2 Å². The van der Waals surface area contributed by atoms with Crippen molar-refractivity contribution >= 4 is 17.7 Å². The van der Waals surface area contributed by atoms with Crippen molar-refractivity contribution in [2.45, 2.75) is 17.5 Å². The second-order valence-electron chi connectivity index (χ2n) is 3.49. The van der Waals surface area contributed by atoms with E-state index in [2.05, 4.69) is 4.74 Å². The zero-order valence-corrected chi connectivity index (χ0v) is 10.8. The molecule has 1 aromatic rings. The van der Waals surface area contributed by atoms with Gasteiger partial charge >= 0.3 is 12.1 Å². The minimum atomic E-state index is -4.57. The first-order valence-corrected chi connectivity index (χ1v) is 6.18. The van der Waals surface area contributed by atoms with Crippen molar-refractivity contribution < 1.29 is 22.7 Å². The number of nitrogens with zero attached hydrogens (tertiary/aromatic N) is 1. The number of alkyl halides is 3. The Labute approximate surface area is 112 Å². The molecule has 0 bridgehead atoms. The summed E-state index contributed by atoms with van der Waals surface area (Å²) >= 11 is 1.10. The van der Waals surface area contributed by atoms with E-state index in [4.69, 9.17) is 5.26 Å². The number of rotatable bonds is 4. The molecular weight excluding hydrogens is 279 g/mol. The van der Waals surface area contributed by atoms with Gasteiger partial charge in [-0.3, -0.25) is 4.79 Å². The number of carbonyl (C=O) groups is 1. The topological polar surface area (TPSA) is 50.1 Å². The van der Waals surface area contributed by atoms with Crippen LogP contribution in [-0.4, -0.2) is 18.8 Å². The van der Waals surface area contributed by atoms with Gasteiger partial charge in [-0.1, -0.05) is 0 Å². The van der Waals surface area contributed by atoms with Gasteiger partial charge in [0.1, 0.15) is 0 Å². The van der Waals surface area contributed by atoms with E-state index in [9.17, 15) is 18.0 Å². The van der Waals surface area contributed by atoms with E-state index in [1.54, 1.807) is 0 Å². The largest absolute Gasteiger partial charge is 0.469 e. The number of carbonyl (C=O) groups excluding carboxylic acids is 1. The summed E-state index contributed by atoms with van der Waals surface area (Å²) in [5.41, 5.74) is -1.37. The molecule has 0 fully saturated rings. The van der Waals surface area contributed by atoms with E-state index in [-0.39, 0.29) is 6.42 Å². The van der Waals surface area contributed by atoms with Crippen LogP contribution in [0.1, 0.15) is 17.5 Å². The number of ether oxygens (including phenoxy) is 1. The fourth-order valence-electron chi connectivity index (χ4n) is 1.30. The van der Waals surface area contributed by atoms with Gasteiger partial charge in [0.25, 0.3) is 0 Å². The number of esters is 1. The second kappa shape index (κ2) is 6.48. The molecule has 1 rings (SSSR count). The number of thioether (sulfide) groups is 1. The van der Waals surface area contributed by atoms with Crippen LogP contribution in [0.15, 0.2) is 23.1 Å². The molecule has 0 aliphatic carbocycles. The maximum atomic E-state index is 12.7. The molecule has 0 radical (unpaired) electrons. The Balaban J connectivity index is 2.82. The van der Waals surface area contributed by atoms with E-state index in [0.717, 1.165) is 23.9 Å². The van der Waals surface area contributed by atoms with Gasteiger partial charge in [-0.25, -0.2) is 0 Å². The zero-order chi connectivity index (χ0) is 14.5. The van der Waals surface area contributed by atoms with E-state index in [1.807, 2.05) is 0 Å². The average molecular weight is 289 g/mol. The number of hydrogen-bond acceptors (Lipinski definition) is 4. The third-order valence-corrected chi connectivity index (χ3v) is 3.21. The molecule has 1 aromatic carbocycles. The quantitative estimate of drug-likeness (QED) is 0.630. The highest BCUT2D eigenvalue weighted by molar-refractivity contribution is 7.99. The van der Waals surface area contributed by atoms with Crippen molar-refractivity contribution in [3.63, 3.8) is 0 Å². The molecule has 0 spiro atoms. The molecule has 0 saturated heterocycles. The Bertz CT molecular complexity index is 509. The number of nitriles is 1. The number of benzene rings is 1. The Hall–Kier alpha value is -1.68. The third kappa shape index (κ3) is 4.48. The zero-order valence-electron chi connectivity index (χ0n) is 9.95. The van der Waals surface area contributed by atoms with Gasteiger partial charge in [-0.2, -0.15) is 18.4 Å². The summed E-state index contributed by atoms with van der Waals surface area (Å²) in [4.78, 5) is 11.2. The lowest BCUT2D eigenvalue weighted by Crippen LogP contribution is -2.08. The van der Waals surface area contributed by atoms with Crippen LogP contribution in [0, 0.1) is 11.3 Å². The molecule has 102 valence electrons. The molecule has 0 aliphatic rings. The van der Waals surface area contributed by atoms with Gasteiger partial charge in [0, 0.05) is 10.6 Å². The number of methoxy groups -OCH3 is 1. The first kappa shape index (κ1) is 15.4. The number of hydrogen-bond donors (Lipinski definition) is 0. The molecule has 0 N–H and O–H groups in total. The monoisotopic (exact) mass is 289 g/mol. The number of halogens is 3. The first-order chi connectivity index (χ1) is 8.88. The lowest BCUT2D eigenvalue weighted by Gasteiger charge is -2.10. The van der Waals surface area contributed by atoms with E-state index in [1.165, 1.54) is 19.2 Å². The van der Waals surface area contributed by atoms with Crippen LogP contribution in [0.25, 0.3) is 0 Å². The Kier molecular flexibility index (Phi) is 5.24. The van der Waals surface area contributed by atoms with Crippen LogP contribution in [0.3, 0.4) is 0 Å². The van der Waals surface area contributed by atoms with Crippen LogP contribution in [0.2, 0.25) is 0 Å². The van der Waals surface area contributed by atoms with E-state index < -0.39 is 23.3 Å². The maximum absolute atomic E-state index is 12.7. The molecule has 7 heteroatoms. The normalized spacial score (nSPS) is 10.9. The predicted octanol–water partition coefficient (Wildman–Crippen LogP) is 3.23. The van der Waals surface area contributed by atoms with Crippen LogP contribution >= 0.6 is 11.8 Å². The molecule has 0 heterocycles. The molecule has 0 atom stereocenters. The summed E-state index contributed by atoms with van der Waals surface area (Å²) in [6, 6.07) is 4.98. The van der Waals surface area contributed by atoms with Crippen LogP contribution in [-0.2, 0) is 15.7 Å². The Morgan fingerprint density at radius 3 is 2.68 bits per heavy atom. The summed E-state index contributed by atoms with van der Waals surface area (Å²) in [6.45, 7) is 0. The highest BCUT2D eigenvalue weighted by atomic mass is 32.2. The van der Waals surface area contributed by atoms with Crippen molar-refractivity contribution in [2.75, 3.05) is 12.9 Å². The van der Waals surface area contributed by atoms with Gasteiger partial charge in [0.2, 0.25) is 0 Å². The summed E-state index contributed by atoms with van der Waals surface area (Å²) < 4.78 is 42.5. The minimum absolute atomic E-state index is 0.114. The highest BCUT2D eigenvalue weighted by Crippen LogP contribution is 2.34. The molecule has 0 aliphatic heterocycles. The molecule has 0 aromatic heterocycles. The van der Waals surface area contributed by atoms with Crippen molar-refractivity contribution in [3.05, 3.63) is 29.3 Å². The summed E-state index contributed by atoms with van der Waals surface area (Å²) in [5.74, 6) is -0.104. The average Bonchev–Trinajstić information content (AvgIpc) is 2.37. The summed E-state index contributed by atoms with van der Waals surface area (Å²) in [6.07, 6.45) is -4.45. The van der Waals surface area contributed by atoms with Crippen LogP contribution < -0.4 is 0 Å². The predicted molar refractivity (Wildman–Crippen MR) is 63.5 cm³/mol. The smallest absolute Gasteiger partial charge is 0.417 e. The lowest BCUT2D eigenvalue weighted by atomic mass is 10.1. The van der Waals surface area contributed by atoms with Crippen LogP contribution in [0.5, 0.6) is 0 Å². The standard InChI is InChI=1S/C12H10F3NO2S/c1-18-11(17)4-5-19-9-3-2-8(7-16)10(6-9)12(13,14)15/h2-3,6H,4-5H2,1H3. The molecule has 0 amide bonds. The second-order valence-corrected chi connectivity index (χ2v) is 4.66. The summed E-state index contributed by atoms with van der Waals surface area (Å²) in [7, 11) is 1.25. The minimum Gasteiger partial charge on any atom is -0.469 e. The van der Waals surface area contributed by atoms with Gasteiger partial charge in [-0.15, -0.1) is 11.8 Å². The van der Waals surface area contributed by atoms with E-state index in [0.29, 0.717) is 10.6 Å². The maximum Gasteiger partial charge on any atom is 0.417 e. The van der Waals surface area contributed by atoms with Crippen molar-refractivity contribution in [2.24, 2.45) is 0 Å². The van der Waals surface area contributed by atoms with Crippen molar-refractivity contribution in [3.8, 4) is 6.07 Å². The molecule has 19 heavy (non-hydrogen) atoms. The summed E-state index contributed by atoms with van der Waals surface area (Å²) in [5, 5.41) is 8.64. The van der Waals surface area contributed by atoms with E-state index >= 15 is 0 Å². The highest BCUT2D eigenvalue weighted by Gasteiger charge is 2.33. The fraction of sp³-hybridized carbons (Fsp3) is 0.333. The van der Waals surface area contributed by atoms with Gasteiger partial charge in [0.15, 0.2) is 0 Å². The van der Waals surface area contributed by atoms with Crippen molar-refractivity contribution in [1.29, 1.82) is 5.26 Å². The Morgan fingerprint density at radius 1 is 1.47 bits per heavy atom. The molecule has 0 saturated carbocycles. The lowest BCUT2D eigenvalue weighted by molar-refractivity contribution is -0.140. The fourth-order valence-corrected chi connectivity index (χ4v) is 2.17. The molecular formula is C12H10F3NO2S. The van der Waals surface area contributed by atoms with Crippen LogP contribution in [0.4, 0.5) is 13.2 Å². The first-order valence-electron chi connectivity index (χ1n) is 5.19. The molecule has 0 unspecified atom stereocenters. The Morgan fingerprint density at radius 2 is 2.16 bits per heavy atom. The molecule has 3 nitrogen and oxygen atoms in total. The third-order valence-electron chi connectivity index (χ3n) is 2.22. The van der Waals surface area contributed by atoms with Gasteiger partial charge < -0.3 is 4.74 Å². The SMILES string of the molecule is COC(=O)CCSc1ccc(C#N)c(C(F)(F)F)c1.